The largest absolute Gasteiger partial charge is 0.416 e. The van der Waals surface area contributed by atoms with E-state index in [4.69, 9.17) is 0 Å². The third-order valence-electron chi connectivity index (χ3n) is 5.38. The normalized spacial score (nSPS) is 25.2. The van der Waals surface area contributed by atoms with Crippen molar-refractivity contribution in [2.75, 3.05) is 0 Å². The third kappa shape index (κ3) is 5.68. The predicted octanol–water partition coefficient (Wildman–Crippen LogP) is 7.21. The van der Waals surface area contributed by atoms with E-state index in [0.717, 1.165) is 31.7 Å². The second-order valence-corrected chi connectivity index (χ2v) is 7.80. The van der Waals surface area contributed by atoms with E-state index in [2.05, 4.69) is 13.8 Å². The van der Waals surface area contributed by atoms with Gasteiger partial charge in [0.15, 0.2) is 0 Å². The van der Waals surface area contributed by atoms with Gasteiger partial charge in [0, 0.05) is 12.5 Å². The molecule has 0 aliphatic heterocycles. The molecule has 5 heteroatoms. The predicted molar refractivity (Wildman–Crippen MR) is 89.6 cm³/mol. The Hall–Kier alpha value is -1.13. The first-order valence-corrected chi connectivity index (χ1v) is 9.08. The molecule has 142 valence electrons. The van der Waals surface area contributed by atoms with Gasteiger partial charge in [-0.05, 0) is 73.6 Å². The number of hydrogen-bond donors (Lipinski definition) is 0. The Morgan fingerprint density at radius 1 is 0.920 bits per heavy atom. The van der Waals surface area contributed by atoms with Crippen LogP contribution in [-0.4, -0.2) is 0 Å². The molecule has 1 fully saturated rings. The Morgan fingerprint density at radius 3 is 2.08 bits per heavy atom. The van der Waals surface area contributed by atoms with Crippen LogP contribution in [0.15, 0.2) is 18.2 Å². The number of rotatable bonds is 5. The van der Waals surface area contributed by atoms with Gasteiger partial charge in [0.05, 0.1) is 5.56 Å². The first kappa shape index (κ1) is 20.2. The minimum absolute atomic E-state index is 0.359. The van der Waals surface area contributed by atoms with E-state index in [-0.39, 0.29) is 0 Å². The Morgan fingerprint density at radius 2 is 1.52 bits per heavy atom. The molecule has 3 atom stereocenters. The summed E-state index contributed by atoms with van der Waals surface area (Å²) in [5.41, 5.74) is -1.18. The highest BCUT2D eigenvalue weighted by Crippen LogP contribution is 2.38. The van der Waals surface area contributed by atoms with Gasteiger partial charge in [0.25, 0.3) is 5.92 Å². The summed E-state index contributed by atoms with van der Waals surface area (Å²) in [4.78, 5) is 0. The monoisotopic (exact) mass is 362 g/mol. The maximum atomic E-state index is 13.6. The van der Waals surface area contributed by atoms with Crippen molar-refractivity contribution < 1.29 is 22.0 Å². The third-order valence-corrected chi connectivity index (χ3v) is 5.38. The molecule has 1 aromatic carbocycles. The summed E-state index contributed by atoms with van der Waals surface area (Å²) in [7, 11) is 0. The molecule has 0 spiro atoms. The first-order valence-electron chi connectivity index (χ1n) is 9.08. The summed E-state index contributed by atoms with van der Waals surface area (Å²) in [5.74, 6) is -1.51. The molecule has 0 N–H and O–H groups in total. The number of halogens is 5. The maximum absolute atomic E-state index is 13.6. The van der Waals surface area contributed by atoms with E-state index >= 15 is 0 Å². The molecule has 0 bridgehead atoms. The Labute approximate surface area is 146 Å². The maximum Gasteiger partial charge on any atom is 0.416 e. The van der Waals surface area contributed by atoms with Crippen LogP contribution in [0.25, 0.3) is 0 Å². The van der Waals surface area contributed by atoms with Crippen molar-refractivity contribution in [1.29, 1.82) is 0 Å². The van der Waals surface area contributed by atoms with Crippen LogP contribution in [0.1, 0.15) is 69.6 Å². The van der Waals surface area contributed by atoms with Crippen LogP contribution in [-0.2, 0) is 18.5 Å². The number of hydrogen-bond acceptors (Lipinski definition) is 0. The second kappa shape index (κ2) is 7.63. The Balaban J connectivity index is 2.15. The highest BCUT2D eigenvalue weighted by Gasteiger charge is 2.34. The van der Waals surface area contributed by atoms with E-state index in [1.165, 1.54) is 12.5 Å². The summed E-state index contributed by atoms with van der Waals surface area (Å²) in [6.45, 7) is 5.03. The molecule has 0 radical (unpaired) electrons. The van der Waals surface area contributed by atoms with E-state index in [0.29, 0.717) is 42.7 Å². The Kier molecular flexibility index (Phi) is 6.16. The van der Waals surface area contributed by atoms with Crippen molar-refractivity contribution in [3.63, 3.8) is 0 Å². The van der Waals surface area contributed by atoms with E-state index < -0.39 is 23.2 Å². The molecule has 0 amide bonds. The highest BCUT2D eigenvalue weighted by molar-refractivity contribution is 5.34. The fourth-order valence-corrected chi connectivity index (χ4v) is 4.09. The van der Waals surface area contributed by atoms with Crippen LogP contribution in [0.3, 0.4) is 0 Å². The topological polar surface area (TPSA) is 0 Å². The van der Waals surface area contributed by atoms with Crippen molar-refractivity contribution in [3.05, 3.63) is 34.9 Å². The van der Waals surface area contributed by atoms with Crippen LogP contribution in [0.4, 0.5) is 22.0 Å². The van der Waals surface area contributed by atoms with Gasteiger partial charge in [-0.3, -0.25) is 0 Å². The molecule has 1 saturated carbocycles. The zero-order chi connectivity index (χ0) is 18.8. The van der Waals surface area contributed by atoms with Crippen molar-refractivity contribution in [2.24, 2.45) is 17.8 Å². The van der Waals surface area contributed by atoms with Gasteiger partial charge < -0.3 is 0 Å². The zero-order valence-electron chi connectivity index (χ0n) is 15.1. The van der Waals surface area contributed by atoms with Gasteiger partial charge in [-0.15, -0.1) is 0 Å². The van der Waals surface area contributed by atoms with Gasteiger partial charge in [-0.25, -0.2) is 8.78 Å². The summed E-state index contributed by atoms with van der Waals surface area (Å²) in [6, 6.07) is 2.83. The molecule has 1 aromatic rings. The van der Waals surface area contributed by atoms with E-state index in [9.17, 15) is 22.0 Å². The quantitative estimate of drug-likeness (QED) is 0.485. The van der Waals surface area contributed by atoms with Crippen LogP contribution in [0, 0.1) is 17.8 Å². The van der Waals surface area contributed by atoms with Crippen molar-refractivity contribution in [2.45, 2.75) is 71.4 Å². The SMILES string of the molecule is CCC1CC(C)CC(CCc2cc(C(C)(F)F)cc(C(F)(F)F)c2)C1. The molecule has 0 heterocycles. The summed E-state index contributed by atoms with van der Waals surface area (Å²) >= 11 is 0. The molecular formula is C20H27F5. The van der Waals surface area contributed by atoms with Crippen LogP contribution in [0.5, 0.6) is 0 Å². The van der Waals surface area contributed by atoms with Gasteiger partial charge >= 0.3 is 6.18 Å². The smallest absolute Gasteiger partial charge is 0.202 e. The average molecular weight is 362 g/mol. The molecule has 25 heavy (non-hydrogen) atoms. The van der Waals surface area contributed by atoms with Gasteiger partial charge in [-0.1, -0.05) is 20.3 Å². The van der Waals surface area contributed by atoms with Crippen molar-refractivity contribution >= 4 is 0 Å². The second-order valence-electron chi connectivity index (χ2n) is 7.80. The molecule has 1 aliphatic rings. The van der Waals surface area contributed by atoms with E-state index in [1.807, 2.05) is 0 Å². The van der Waals surface area contributed by atoms with Gasteiger partial charge in [0.1, 0.15) is 0 Å². The minimum Gasteiger partial charge on any atom is -0.202 e. The van der Waals surface area contributed by atoms with Crippen LogP contribution in [0.2, 0.25) is 0 Å². The van der Waals surface area contributed by atoms with Crippen LogP contribution < -0.4 is 0 Å². The Bertz CT molecular complexity index is 538. The average Bonchev–Trinajstić information content (AvgIpc) is 2.50. The molecular weight excluding hydrogens is 335 g/mol. The lowest BCUT2D eigenvalue weighted by molar-refractivity contribution is -0.137. The van der Waals surface area contributed by atoms with E-state index in [1.54, 1.807) is 0 Å². The molecule has 0 aromatic heterocycles. The van der Waals surface area contributed by atoms with Crippen molar-refractivity contribution in [3.8, 4) is 0 Å². The lowest BCUT2D eigenvalue weighted by Crippen LogP contribution is -2.21. The molecule has 3 unspecified atom stereocenters. The number of aryl methyl sites for hydroxylation is 1. The zero-order valence-corrected chi connectivity index (χ0v) is 15.1. The fourth-order valence-electron chi connectivity index (χ4n) is 4.09. The number of benzene rings is 1. The lowest BCUT2D eigenvalue weighted by atomic mass is 9.73. The molecule has 1 aliphatic carbocycles. The van der Waals surface area contributed by atoms with Gasteiger partial charge in [-0.2, -0.15) is 13.2 Å². The highest BCUT2D eigenvalue weighted by atomic mass is 19.4. The van der Waals surface area contributed by atoms with Crippen LogP contribution >= 0.6 is 0 Å². The molecule has 0 nitrogen and oxygen atoms in total. The molecule has 2 rings (SSSR count). The minimum atomic E-state index is -4.61. The lowest BCUT2D eigenvalue weighted by Gasteiger charge is -2.33. The van der Waals surface area contributed by atoms with Gasteiger partial charge in [0.2, 0.25) is 0 Å². The first-order chi connectivity index (χ1) is 11.5. The fraction of sp³-hybridized carbons (Fsp3) is 0.700. The van der Waals surface area contributed by atoms with Crippen molar-refractivity contribution in [1.82, 2.24) is 0 Å². The molecule has 0 saturated heterocycles. The summed E-state index contributed by atoms with van der Waals surface area (Å²) < 4.78 is 66.3. The summed E-state index contributed by atoms with van der Waals surface area (Å²) in [6.07, 6.45) is 1.07. The summed E-state index contributed by atoms with van der Waals surface area (Å²) in [5, 5.41) is 0. The number of alkyl halides is 5. The standard InChI is InChI=1S/C20H27F5/c1-4-14-7-13(2)8-15(9-14)5-6-16-10-17(19(3,21)22)12-18(11-16)20(23,24)25/h10-15H,4-9H2,1-3H3.